The van der Waals surface area contributed by atoms with Gasteiger partial charge in [-0.1, -0.05) is 0 Å². The summed E-state index contributed by atoms with van der Waals surface area (Å²) in [5.41, 5.74) is 0. The van der Waals surface area contributed by atoms with Crippen LogP contribution in [0.15, 0.2) is 0 Å². The fourth-order valence-corrected chi connectivity index (χ4v) is 0. The third kappa shape index (κ3) is 12.0. The van der Waals surface area contributed by atoms with Gasteiger partial charge < -0.3 is 7.96 Å². The molecule has 0 aromatic rings. The van der Waals surface area contributed by atoms with E-state index in [1.165, 1.54) is 0 Å². The van der Waals surface area contributed by atoms with Crippen molar-refractivity contribution in [3.63, 3.8) is 0 Å². The van der Waals surface area contributed by atoms with Crippen LogP contribution in [-0.2, 0) is 0 Å². The molecule has 40 valence electrons. The Kier molecular flexibility index (Phi) is 22.2. The summed E-state index contributed by atoms with van der Waals surface area (Å²) < 4.78 is 0.472. The number of carboxylic acid groups (broad SMARTS) is 1. The molecule has 0 bridgehead atoms. The van der Waals surface area contributed by atoms with Crippen molar-refractivity contribution in [1.29, 1.82) is 0 Å². The largest absolute Gasteiger partial charge is 1.00 e. The number of hydrogen-bond donors (Lipinski definition) is 3. The molecule has 1 N–H and O–H groups in total. The molecule has 0 aliphatic rings. The van der Waals surface area contributed by atoms with Gasteiger partial charge in [0.05, 0.1) is 0 Å². The van der Waals surface area contributed by atoms with Crippen molar-refractivity contribution >= 4 is 31.7 Å². The SMILES string of the molecule is O=C(O)N(S)S.[H-].[H-].[K+].[K+]. The summed E-state index contributed by atoms with van der Waals surface area (Å²) in [7, 11) is 0. The summed E-state index contributed by atoms with van der Waals surface area (Å²) in [5, 5.41) is 7.76. The van der Waals surface area contributed by atoms with E-state index in [-0.39, 0.29) is 106 Å². The van der Waals surface area contributed by atoms with Gasteiger partial charge >= 0.3 is 109 Å². The number of thiol groups is 2. The van der Waals surface area contributed by atoms with Gasteiger partial charge in [-0.2, -0.15) is 3.71 Å². The molecule has 0 spiro atoms. The maximum atomic E-state index is 9.47. The molecule has 0 atom stereocenters. The number of carbonyl (C=O) groups is 1. The second-order valence-corrected chi connectivity index (χ2v) is 1.69. The Hall–Kier alpha value is 3.24. The maximum absolute atomic E-state index is 9.47. The molecule has 3 nitrogen and oxygen atoms in total. The molecule has 0 saturated carbocycles. The first-order chi connectivity index (χ1) is 2.64. The second-order valence-electron chi connectivity index (χ2n) is 0.572. The zero-order valence-electron chi connectivity index (χ0n) is 6.70. The van der Waals surface area contributed by atoms with Gasteiger partial charge in [-0.25, -0.2) is 4.79 Å². The van der Waals surface area contributed by atoms with E-state index >= 15 is 0 Å². The first-order valence-electron chi connectivity index (χ1n) is 1.05. The molecule has 0 rings (SSSR count). The van der Waals surface area contributed by atoms with Crippen LogP contribution in [0.3, 0.4) is 0 Å². The van der Waals surface area contributed by atoms with E-state index < -0.39 is 6.09 Å². The molecule has 0 aromatic carbocycles. The van der Waals surface area contributed by atoms with Gasteiger partial charge in [0.2, 0.25) is 0 Å². The van der Waals surface area contributed by atoms with Gasteiger partial charge in [0, 0.05) is 0 Å². The van der Waals surface area contributed by atoms with Crippen molar-refractivity contribution in [3.05, 3.63) is 0 Å². The Bertz CT molecular complexity index is 76.3. The van der Waals surface area contributed by atoms with Gasteiger partial charge in [0.25, 0.3) is 0 Å². The van der Waals surface area contributed by atoms with Crippen LogP contribution < -0.4 is 103 Å². The van der Waals surface area contributed by atoms with Crippen LogP contribution in [0, 0.1) is 0 Å². The fraction of sp³-hybridized carbons (Fsp3) is 0. The smallest absolute Gasteiger partial charge is 1.00 e. The van der Waals surface area contributed by atoms with Crippen molar-refractivity contribution in [1.82, 2.24) is 3.71 Å². The second kappa shape index (κ2) is 10.2. The molecule has 0 aliphatic heterocycles. The standard InChI is InChI=1S/CH3NO2S2.2K.2H/c3-1(4)2(5)6;;;;/h5-6H,(H,3,4);;;;/q;2*+1;2*-1. The van der Waals surface area contributed by atoms with Gasteiger partial charge in [-0.3, -0.25) is 0 Å². The quantitative estimate of drug-likeness (QED) is 0.274. The van der Waals surface area contributed by atoms with Gasteiger partial charge in [0.1, 0.15) is 0 Å². The molecular formula is CH5K2NO2S2. The Morgan fingerprint density at radius 3 is 1.62 bits per heavy atom. The molecular weight excluding hydrogens is 200 g/mol. The van der Waals surface area contributed by atoms with Crippen molar-refractivity contribution < 1.29 is 116 Å². The molecule has 8 heavy (non-hydrogen) atoms. The topological polar surface area (TPSA) is 40.5 Å². The number of nitrogens with zero attached hydrogens (tertiary/aromatic N) is 1. The Labute approximate surface area is 147 Å². The summed E-state index contributed by atoms with van der Waals surface area (Å²) in [5.74, 6) is 0. The number of rotatable bonds is 0. The maximum Gasteiger partial charge on any atom is 1.00 e. The minimum atomic E-state index is -1.18. The minimum Gasteiger partial charge on any atom is -1.00 e. The van der Waals surface area contributed by atoms with Crippen LogP contribution in [0.2, 0.25) is 0 Å². The molecule has 0 radical (unpaired) electrons. The van der Waals surface area contributed by atoms with Crippen molar-refractivity contribution in [2.45, 2.75) is 0 Å². The average Bonchev–Trinajstić information content (AvgIpc) is 1.36. The molecule has 0 saturated heterocycles. The molecule has 0 aromatic heterocycles. The van der Waals surface area contributed by atoms with Crippen LogP contribution >= 0.6 is 25.6 Å². The molecule has 0 aliphatic carbocycles. The Morgan fingerprint density at radius 1 is 1.50 bits per heavy atom. The minimum absolute atomic E-state index is 0. The first kappa shape index (κ1) is 17.4. The summed E-state index contributed by atoms with van der Waals surface area (Å²) in [6.07, 6.45) is -1.18. The van der Waals surface area contributed by atoms with Crippen molar-refractivity contribution in [2.75, 3.05) is 0 Å². The van der Waals surface area contributed by atoms with Crippen molar-refractivity contribution in [3.8, 4) is 0 Å². The number of amides is 1. The van der Waals surface area contributed by atoms with Crippen LogP contribution in [0.25, 0.3) is 0 Å². The van der Waals surface area contributed by atoms with Gasteiger partial charge in [-0.05, 0) is 25.6 Å². The molecule has 7 heteroatoms. The van der Waals surface area contributed by atoms with E-state index in [1.54, 1.807) is 0 Å². The zero-order chi connectivity index (χ0) is 5.15. The fourth-order valence-electron chi connectivity index (χ4n) is 0. The van der Waals surface area contributed by atoms with E-state index in [0.717, 1.165) is 0 Å². The summed E-state index contributed by atoms with van der Waals surface area (Å²) >= 11 is 6.58. The predicted octanol–water partition coefficient (Wildman–Crippen LogP) is -5.11. The van der Waals surface area contributed by atoms with Gasteiger partial charge in [0.15, 0.2) is 0 Å². The average molecular weight is 205 g/mol. The van der Waals surface area contributed by atoms with E-state index in [1.807, 2.05) is 0 Å². The summed E-state index contributed by atoms with van der Waals surface area (Å²) in [4.78, 5) is 9.47. The Morgan fingerprint density at radius 2 is 1.62 bits per heavy atom. The monoisotopic (exact) mass is 205 g/mol. The molecule has 0 heterocycles. The van der Waals surface area contributed by atoms with Crippen LogP contribution in [0.1, 0.15) is 2.85 Å². The summed E-state index contributed by atoms with van der Waals surface area (Å²) in [6, 6.07) is 0. The van der Waals surface area contributed by atoms with E-state index in [4.69, 9.17) is 5.11 Å². The van der Waals surface area contributed by atoms with Crippen LogP contribution in [0.5, 0.6) is 0 Å². The Balaban J connectivity index is -0.0000000208. The van der Waals surface area contributed by atoms with Crippen LogP contribution in [-0.4, -0.2) is 14.9 Å². The third-order valence-electron chi connectivity index (χ3n) is 0.171. The zero-order valence-corrected chi connectivity index (χ0v) is 12.7. The first-order valence-corrected chi connectivity index (χ1v) is 1.85. The van der Waals surface area contributed by atoms with Crippen LogP contribution in [0.4, 0.5) is 4.79 Å². The third-order valence-corrected chi connectivity index (χ3v) is 0.513. The van der Waals surface area contributed by atoms with E-state index in [0.29, 0.717) is 3.71 Å². The van der Waals surface area contributed by atoms with Gasteiger partial charge in [-0.15, -0.1) is 0 Å². The normalized spacial score (nSPS) is 5.75. The molecule has 0 fully saturated rings. The summed E-state index contributed by atoms with van der Waals surface area (Å²) in [6.45, 7) is 0. The predicted molar refractivity (Wildman–Crippen MR) is 30.1 cm³/mol. The number of hydrogen-bond acceptors (Lipinski definition) is 3. The molecule has 1 amide bonds. The van der Waals surface area contributed by atoms with Crippen molar-refractivity contribution in [2.24, 2.45) is 0 Å². The van der Waals surface area contributed by atoms with E-state index in [9.17, 15) is 4.79 Å². The molecule has 0 unspecified atom stereocenters. The van der Waals surface area contributed by atoms with E-state index in [2.05, 4.69) is 25.6 Å².